The fraction of sp³-hybridized carbons (Fsp3) is 0. The van der Waals surface area contributed by atoms with Gasteiger partial charge in [-0.2, -0.15) is 0 Å². The number of benzene rings is 2. The molecule has 0 saturated carbocycles. The quantitative estimate of drug-likeness (QED) is 0.547. The van der Waals surface area contributed by atoms with Crippen LogP contribution in [0.15, 0.2) is 78.1 Å². The predicted octanol–water partition coefficient (Wildman–Crippen LogP) is 3.99. The first-order valence-corrected chi connectivity index (χ1v) is 9.27. The van der Waals surface area contributed by atoms with Crippen molar-refractivity contribution in [3.05, 3.63) is 78.2 Å². The first-order valence-electron chi connectivity index (χ1n) is 7.45. The SMILES string of the molecule is O=S(=O)(c1ccc(Cl)cc1)n1ccc(-c2cnc3ccccc3n2)c1. The van der Waals surface area contributed by atoms with E-state index >= 15 is 0 Å². The lowest BCUT2D eigenvalue weighted by Crippen LogP contribution is -2.10. The molecule has 0 N–H and O–H groups in total. The summed E-state index contributed by atoms with van der Waals surface area (Å²) in [7, 11) is -3.68. The minimum absolute atomic E-state index is 0.170. The van der Waals surface area contributed by atoms with E-state index in [-0.39, 0.29) is 4.90 Å². The van der Waals surface area contributed by atoms with Crippen molar-refractivity contribution in [2.75, 3.05) is 0 Å². The van der Waals surface area contributed by atoms with Crippen LogP contribution in [0.5, 0.6) is 0 Å². The Kier molecular flexibility index (Phi) is 3.78. The van der Waals surface area contributed by atoms with Gasteiger partial charge in [0, 0.05) is 23.0 Å². The Morgan fingerprint density at radius 1 is 0.920 bits per heavy atom. The second-order valence-electron chi connectivity index (χ2n) is 5.43. The normalized spacial score (nSPS) is 11.7. The number of hydrogen-bond acceptors (Lipinski definition) is 4. The van der Waals surface area contributed by atoms with Gasteiger partial charge in [0.2, 0.25) is 0 Å². The summed E-state index contributed by atoms with van der Waals surface area (Å²) in [5.41, 5.74) is 2.84. The molecule has 2 aromatic carbocycles. The van der Waals surface area contributed by atoms with Crippen molar-refractivity contribution >= 4 is 32.7 Å². The Bertz CT molecular complexity index is 1170. The fourth-order valence-corrected chi connectivity index (χ4v) is 3.83. The zero-order valence-corrected chi connectivity index (χ0v) is 14.4. The topological polar surface area (TPSA) is 64.8 Å². The molecule has 2 aromatic heterocycles. The van der Waals surface area contributed by atoms with Crippen LogP contribution in [-0.2, 0) is 10.0 Å². The van der Waals surface area contributed by atoms with Crippen molar-refractivity contribution < 1.29 is 8.42 Å². The number of aromatic nitrogens is 3. The summed E-state index contributed by atoms with van der Waals surface area (Å²) in [6.07, 6.45) is 4.66. The number of rotatable bonds is 3. The van der Waals surface area contributed by atoms with Gasteiger partial charge in [0.05, 0.1) is 27.8 Å². The molecular weight excluding hydrogens is 358 g/mol. The van der Waals surface area contributed by atoms with Crippen LogP contribution in [0.4, 0.5) is 0 Å². The molecule has 124 valence electrons. The summed E-state index contributed by atoms with van der Waals surface area (Å²) < 4.78 is 26.5. The lowest BCUT2D eigenvalue weighted by Gasteiger charge is -2.05. The van der Waals surface area contributed by atoms with Crippen LogP contribution >= 0.6 is 11.6 Å². The van der Waals surface area contributed by atoms with Crippen LogP contribution in [0.1, 0.15) is 0 Å². The van der Waals surface area contributed by atoms with Crippen LogP contribution in [0.3, 0.4) is 0 Å². The molecule has 0 aliphatic rings. The van der Waals surface area contributed by atoms with Gasteiger partial charge in [-0.05, 0) is 42.5 Å². The molecule has 4 aromatic rings. The van der Waals surface area contributed by atoms with E-state index in [1.165, 1.54) is 28.5 Å². The van der Waals surface area contributed by atoms with Gasteiger partial charge >= 0.3 is 0 Å². The second-order valence-corrected chi connectivity index (χ2v) is 7.71. The molecular formula is C18H12ClN3O2S. The van der Waals surface area contributed by atoms with Crippen molar-refractivity contribution in [3.63, 3.8) is 0 Å². The van der Waals surface area contributed by atoms with E-state index in [0.29, 0.717) is 16.3 Å². The molecule has 0 aliphatic heterocycles. The van der Waals surface area contributed by atoms with Crippen molar-refractivity contribution in [2.24, 2.45) is 0 Å². The Morgan fingerprint density at radius 3 is 2.40 bits per heavy atom. The summed E-state index contributed by atoms with van der Waals surface area (Å²) in [5.74, 6) is 0. The molecule has 0 unspecified atom stereocenters. The molecule has 0 bridgehead atoms. The van der Waals surface area contributed by atoms with Crippen molar-refractivity contribution in [1.82, 2.24) is 13.9 Å². The molecule has 25 heavy (non-hydrogen) atoms. The highest BCUT2D eigenvalue weighted by atomic mass is 35.5. The third-order valence-electron chi connectivity index (χ3n) is 3.80. The maximum Gasteiger partial charge on any atom is 0.267 e. The van der Waals surface area contributed by atoms with E-state index in [1.807, 2.05) is 24.3 Å². The summed E-state index contributed by atoms with van der Waals surface area (Å²) in [5, 5.41) is 0.485. The number of fused-ring (bicyclic) bond motifs is 1. The number of hydrogen-bond donors (Lipinski definition) is 0. The summed E-state index contributed by atoms with van der Waals surface area (Å²) in [6, 6.07) is 15.3. The molecule has 0 amide bonds. The average molecular weight is 370 g/mol. The average Bonchev–Trinajstić information content (AvgIpc) is 3.13. The van der Waals surface area contributed by atoms with E-state index in [4.69, 9.17) is 11.6 Å². The molecule has 0 saturated heterocycles. The Morgan fingerprint density at radius 2 is 1.64 bits per heavy atom. The zero-order valence-electron chi connectivity index (χ0n) is 12.9. The minimum Gasteiger partial charge on any atom is -0.252 e. The van der Waals surface area contributed by atoms with Crippen molar-refractivity contribution in [2.45, 2.75) is 4.90 Å². The molecule has 0 aliphatic carbocycles. The largest absolute Gasteiger partial charge is 0.267 e. The molecule has 0 fully saturated rings. The molecule has 0 radical (unpaired) electrons. The van der Waals surface area contributed by atoms with E-state index < -0.39 is 10.0 Å². The monoisotopic (exact) mass is 369 g/mol. The lowest BCUT2D eigenvalue weighted by molar-refractivity contribution is 0.587. The third kappa shape index (κ3) is 2.90. The first-order chi connectivity index (χ1) is 12.0. The van der Waals surface area contributed by atoms with Crippen LogP contribution < -0.4 is 0 Å². The highest BCUT2D eigenvalue weighted by molar-refractivity contribution is 7.90. The zero-order chi connectivity index (χ0) is 17.4. The number of para-hydroxylation sites is 2. The van der Waals surface area contributed by atoms with E-state index in [2.05, 4.69) is 9.97 Å². The standard InChI is InChI=1S/C18H12ClN3O2S/c19-14-5-7-15(8-6-14)25(23,24)22-10-9-13(12-22)18-11-20-16-3-1-2-4-17(16)21-18/h1-12H. The van der Waals surface area contributed by atoms with E-state index in [0.717, 1.165) is 11.0 Å². The van der Waals surface area contributed by atoms with Crippen LogP contribution in [0.25, 0.3) is 22.3 Å². The van der Waals surface area contributed by atoms with Gasteiger partial charge in [0.1, 0.15) is 0 Å². The Hall–Kier alpha value is -2.70. The summed E-state index contributed by atoms with van der Waals surface area (Å²) in [6.45, 7) is 0. The fourth-order valence-electron chi connectivity index (χ4n) is 2.50. The molecule has 2 heterocycles. The predicted molar refractivity (Wildman–Crippen MR) is 97.0 cm³/mol. The smallest absolute Gasteiger partial charge is 0.252 e. The Balaban J connectivity index is 1.75. The van der Waals surface area contributed by atoms with Gasteiger partial charge in [-0.3, -0.25) is 4.98 Å². The maximum atomic E-state index is 12.7. The minimum atomic E-state index is -3.68. The molecule has 5 nitrogen and oxygen atoms in total. The van der Waals surface area contributed by atoms with E-state index in [1.54, 1.807) is 24.4 Å². The molecule has 7 heteroatoms. The second kappa shape index (κ2) is 5.98. The van der Waals surface area contributed by atoms with Gasteiger partial charge in [-0.25, -0.2) is 17.4 Å². The summed E-state index contributed by atoms with van der Waals surface area (Å²) in [4.78, 5) is 9.07. The van der Waals surface area contributed by atoms with Crippen LogP contribution in [0.2, 0.25) is 5.02 Å². The van der Waals surface area contributed by atoms with Gasteiger partial charge in [0.15, 0.2) is 0 Å². The highest BCUT2D eigenvalue weighted by Crippen LogP contribution is 2.23. The van der Waals surface area contributed by atoms with Crippen LogP contribution in [0, 0.1) is 0 Å². The highest BCUT2D eigenvalue weighted by Gasteiger charge is 2.17. The maximum absolute atomic E-state index is 12.7. The Labute approximate surface area is 149 Å². The van der Waals surface area contributed by atoms with Crippen molar-refractivity contribution in [1.29, 1.82) is 0 Å². The first kappa shape index (κ1) is 15.8. The van der Waals surface area contributed by atoms with Gasteiger partial charge in [-0.1, -0.05) is 23.7 Å². The molecule has 4 rings (SSSR count). The van der Waals surface area contributed by atoms with Crippen LogP contribution in [-0.4, -0.2) is 22.4 Å². The number of nitrogens with zero attached hydrogens (tertiary/aromatic N) is 3. The molecule has 0 atom stereocenters. The number of halogens is 1. The lowest BCUT2D eigenvalue weighted by atomic mass is 10.2. The van der Waals surface area contributed by atoms with Gasteiger partial charge in [0.25, 0.3) is 10.0 Å². The van der Waals surface area contributed by atoms with E-state index in [9.17, 15) is 8.42 Å². The third-order valence-corrected chi connectivity index (χ3v) is 5.70. The van der Waals surface area contributed by atoms with Gasteiger partial charge < -0.3 is 0 Å². The van der Waals surface area contributed by atoms with Gasteiger partial charge in [-0.15, -0.1) is 0 Å². The summed E-state index contributed by atoms with van der Waals surface area (Å²) >= 11 is 5.82. The van der Waals surface area contributed by atoms with Crippen molar-refractivity contribution in [3.8, 4) is 11.3 Å². The molecule has 0 spiro atoms.